The average molecular weight is 280 g/mol. The van der Waals surface area contributed by atoms with Gasteiger partial charge in [0.05, 0.1) is 5.02 Å². The van der Waals surface area contributed by atoms with Crippen molar-refractivity contribution in [2.45, 2.75) is 32.2 Å². The number of imidazole rings is 1. The summed E-state index contributed by atoms with van der Waals surface area (Å²) >= 11 is 5.82. The van der Waals surface area contributed by atoms with Crippen LogP contribution in [0.3, 0.4) is 0 Å². The van der Waals surface area contributed by atoms with Gasteiger partial charge in [0.2, 0.25) is 0 Å². The molecule has 0 amide bonds. The molecule has 2 N–H and O–H groups in total. The molecule has 3 rings (SSSR count). The fourth-order valence-corrected chi connectivity index (χ4v) is 2.82. The Hall–Kier alpha value is -1.55. The second-order valence-corrected chi connectivity index (χ2v) is 5.43. The minimum Gasteiger partial charge on any atom is -0.383 e. The summed E-state index contributed by atoms with van der Waals surface area (Å²) in [6, 6.07) is 4.59. The molecular formula is C14H15ClFN3. The molecular weight excluding hydrogens is 265 g/mol. The molecule has 0 spiro atoms. The molecule has 100 valence electrons. The second-order valence-electron chi connectivity index (χ2n) is 5.03. The van der Waals surface area contributed by atoms with Crippen molar-refractivity contribution in [2.75, 3.05) is 5.73 Å². The summed E-state index contributed by atoms with van der Waals surface area (Å²) in [5.74, 6) is 1.63. The van der Waals surface area contributed by atoms with Crippen molar-refractivity contribution < 1.29 is 4.39 Å². The highest BCUT2D eigenvalue weighted by atomic mass is 35.5. The minimum absolute atomic E-state index is 0.0934. The van der Waals surface area contributed by atoms with E-state index in [0.717, 1.165) is 30.8 Å². The summed E-state index contributed by atoms with van der Waals surface area (Å²) in [6.07, 6.45) is 2.23. The van der Waals surface area contributed by atoms with Crippen molar-refractivity contribution in [3.63, 3.8) is 0 Å². The molecule has 2 aromatic rings. The van der Waals surface area contributed by atoms with E-state index in [1.54, 1.807) is 12.1 Å². The molecule has 1 unspecified atom stereocenters. The number of hydrogen-bond acceptors (Lipinski definition) is 2. The summed E-state index contributed by atoms with van der Waals surface area (Å²) in [5.41, 5.74) is 7.63. The van der Waals surface area contributed by atoms with Crippen molar-refractivity contribution >= 4 is 17.4 Å². The maximum atomic E-state index is 13.2. The van der Waals surface area contributed by atoms with Gasteiger partial charge in [0, 0.05) is 18.0 Å². The first-order chi connectivity index (χ1) is 9.08. The Kier molecular flexibility index (Phi) is 2.97. The number of hydrogen-bond donors (Lipinski definition) is 1. The van der Waals surface area contributed by atoms with Gasteiger partial charge in [-0.15, -0.1) is 0 Å². The molecule has 1 aliphatic heterocycles. The van der Waals surface area contributed by atoms with Gasteiger partial charge in [0.25, 0.3) is 0 Å². The Labute approximate surface area is 116 Å². The van der Waals surface area contributed by atoms with E-state index in [4.69, 9.17) is 17.3 Å². The molecule has 2 heterocycles. The van der Waals surface area contributed by atoms with Crippen molar-refractivity contribution in [2.24, 2.45) is 0 Å². The first kappa shape index (κ1) is 12.5. The molecule has 0 saturated carbocycles. The molecule has 1 aromatic carbocycles. The zero-order chi connectivity index (χ0) is 13.6. The van der Waals surface area contributed by atoms with Crippen LogP contribution < -0.4 is 5.73 Å². The molecule has 0 saturated heterocycles. The van der Waals surface area contributed by atoms with Gasteiger partial charge in [0.15, 0.2) is 0 Å². The van der Waals surface area contributed by atoms with Gasteiger partial charge < -0.3 is 10.3 Å². The number of halogens is 2. The Morgan fingerprint density at radius 3 is 2.95 bits per heavy atom. The number of fused-ring (bicyclic) bond motifs is 1. The Bertz CT molecular complexity index is 636. The number of nitrogens with two attached hydrogens (primary N) is 1. The van der Waals surface area contributed by atoms with Gasteiger partial charge in [0.1, 0.15) is 23.2 Å². The van der Waals surface area contributed by atoms with Gasteiger partial charge >= 0.3 is 0 Å². The van der Waals surface area contributed by atoms with E-state index in [1.165, 1.54) is 6.07 Å². The highest BCUT2D eigenvalue weighted by Crippen LogP contribution is 2.35. The van der Waals surface area contributed by atoms with Crippen LogP contribution >= 0.6 is 11.6 Å². The maximum absolute atomic E-state index is 13.2. The van der Waals surface area contributed by atoms with E-state index in [1.807, 2.05) is 0 Å². The topological polar surface area (TPSA) is 43.8 Å². The monoisotopic (exact) mass is 279 g/mol. The van der Waals surface area contributed by atoms with E-state index in [-0.39, 0.29) is 5.02 Å². The minimum atomic E-state index is -0.429. The van der Waals surface area contributed by atoms with Crippen LogP contribution in [-0.2, 0) is 6.54 Å². The first-order valence-electron chi connectivity index (χ1n) is 6.39. The fourth-order valence-electron chi connectivity index (χ4n) is 2.64. The Morgan fingerprint density at radius 2 is 2.26 bits per heavy atom. The zero-order valence-corrected chi connectivity index (χ0v) is 11.4. The van der Waals surface area contributed by atoms with Crippen LogP contribution in [-0.4, -0.2) is 9.55 Å². The SMILES string of the molecule is CC1CCCn2c1nc(-c1ccc(F)c(Cl)c1)c2N. The van der Waals surface area contributed by atoms with Crippen LogP contribution in [0.4, 0.5) is 10.2 Å². The molecule has 0 aliphatic carbocycles. The zero-order valence-electron chi connectivity index (χ0n) is 10.7. The van der Waals surface area contributed by atoms with Gasteiger partial charge in [-0.3, -0.25) is 0 Å². The molecule has 1 atom stereocenters. The van der Waals surface area contributed by atoms with Crippen molar-refractivity contribution in [1.82, 2.24) is 9.55 Å². The lowest BCUT2D eigenvalue weighted by atomic mass is 10.0. The third-order valence-corrected chi connectivity index (χ3v) is 3.98. The lowest BCUT2D eigenvalue weighted by Gasteiger charge is -2.20. The standard InChI is InChI=1S/C14H15ClFN3/c1-8-3-2-6-19-13(17)12(18-14(8)19)9-4-5-11(16)10(15)7-9/h4-5,7-8H,2-3,6,17H2,1H3. The van der Waals surface area contributed by atoms with Gasteiger partial charge in [-0.25, -0.2) is 9.37 Å². The number of anilines is 1. The van der Waals surface area contributed by atoms with Gasteiger partial charge in [-0.1, -0.05) is 18.5 Å². The number of nitrogens with zero attached hydrogens (tertiary/aromatic N) is 2. The number of nitrogen functional groups attached to an aromatic ring is 1. The lowest BCUT2D eigenvalue weighted by Crippen LogP contribution is -2.15. The van der Waals surface area contributed by atoms with Crippen molar-refractivity contribution in [1.29, 1.82) is 0 Å². The number of rotatable bonds is 1. The van der Waals surface area contributed by atoms with Crippen molar-refractivity contribution in [3.8, 4) is 11.3 Å². The van der Waals surface area contributed by atoms with Crippen molar-refractivity contribution in [3.05, 3.63) is 34.9 Å². The van der Waals surface area contributed by atoms with Crippen LogP contribution in [0.25, 0.3) is 11.3 Å². The number of benzene rings is 1. The Morgan fingerprint density at radius 1 is 1.47 bits per heavy atom. The quantitative estimate of drug-likeness (QED) is 0.862. The van der Waals surface area contributed by atoms with E-state index >= 15 is 0 Å². The van der Waals surface area contributed by atoms with E-state index in [0.29, 0.717) is 17.4 Å². The fraction of sp³-hybridized carbons (Fsp3) is 0.357. The first-order valence-corrected chi connectivity index (χ1v) is 6.77. The Balaban J connectivity index is 2.13. The summed E-state index contributed by atoms with van der Waals surface area (Å²) in [6.45, 7) is 3.05. The van der Waals surface area contributed by atoms with Crippen LogP contribution in [0, 0.1) is 5.82 Å². The highest BCUT2D eigenvalue weighted by Gasteiger charge is 2.23. The van der Waals surface area contributed by atoms with Crippen LogP contribution in [0.15, 0.2) is 18.2 Å². The molecule has 1 aromatic heterocycles. The third kappa shape index (κ3) is 2.00. The molecule has 0 radical (unpaired) electrons. The van der Waals surface area contributed by atoms with Crippen LogP contribution in [0.5, 0.6) is 0 Å². The van der Waals surface area contributed by atoms with Crippen LogP contribution in [0.2, 0.25) is 5.02 Å². The predicted octanol–water partition coefficient (Wildman–Crippen LogP) is 3.82. The number of aromatic nitrogens is 2. The summed E-state index contributed by atoms with van der Waals surface area (Å²) in [5, 5.41) is 0.0934. The molecule has 5 heteroatoms. The van der Waals surface area contributed by atoms with Crippen LogP contribution in [0.1, 0.15) is 31.5 Å². The average Bonchev–Trinajstić information content (AvgIpc) is 2.72. The molecule has 0 bridgehead atoms. The second kappa shape index (κ2) is 4.53. The molecule has 0 fully saturated rings. The van der Waals surface area contributed by atoms with E-state index in [9.17, 15) is 4.39 Å². The summed E-state index contributed by atoms with van der Waals surface area (Å²) in [7, 11) is 0. The highest BCUT2D eigenvalue weighted by molar-refractivity contribution is 6.31. The normalized spacial score (nSPS) is 18.4. The van der Waals surface area contributed by atoms with Gasteiger partial charge in [-0.05, 0) is 31.0 Å². The summed E-state index contributed by atoms with van der Waals surface area (Å²) in [4.78, 5) is 4.63. The smallest absolute Gasteiger partial charge is 0.141 e. The van der Waals surface area contributed by atoms with E-state index in [2.05, 4.69) is 16.5 Å². The van der Waals surface area contributed by atoms with Gasteiger partial charge in [-0.2, -0.15) is 0 Å². The summed E-state index contributed by atoms with van der Waals surface area (Å²) < 4.78 is 15.3. The maximum Gasteiger partial charge on any atom is 0.141 e. The van der Waals surface area contributed by atoms with E-state index < -0.39 is 5.82 Å². The third-order valence-electron chi connectivity index (χ3n) is 3.69. The molecule has 1 aliphatic rings. The molecule has 19 heavy (non-hydrogen) atoms. The molecule has 3 nitrogen and oxygen atoms in total. The predicted molar refractivity (Wildman–Crippen MR) is 74.7 cm³/mol. The largest absolute Gasteiger partial charge is 0.383 e. The lowest BCUT2D eigenvalue weighted by molar-refractivity contribution is 0.467.